The topological polar surface area (TPSA) is 37.4 Å². The number of carbonyl (C=O) groups excluding carboxylic acids is 2. The number of benzene rings is 3. The first kappa shape index (κ1) is 20.2. The normalized spacial score (nSPS) is 14.0. The molecule has 0 fully saturated rings. The van der Waals surface area contributed by atoms with E-state index in [0.717, 1.165) is 28.0 Å². The highest BCUT2D eigenvalue weighted by Gasteiger charge is 2.40. The fraction of sp³-hybridized carbons (Fsp3) is 0.154. The highest BCUT2D eigenvalue weighted by molar-refractivity contribution is 8.04. The van der Waals surface area contributed by atoms with Crippen LogP contribution in [0.1, 0.15) is 29.2 Å². The Hall–Kier alpha value is -3.11. The highest BCUT2D eigenvalue weighted by Crippen LogP contribution is 2.41. The third kappa shape index (κ3) is 3.71. The fourth-order valence-corrected chi connectivity index (χ4v) is 4.49. The van der Waals surface area contributed by atoms with Gasteiger partial charge in [0.05, 0.1) is 16.2 Å². The number of hydrogen-bond donors (Lipinski definition) is 0. The van der Waals surface area contributed by atoms with Crippen molar-refractivity contribution in [2.45, 2.75) is 32.1 Å². The van der Waals surface area contributed by atoms with Crippen LogP contribution in [0, 0.1) is 13.8 Å². The Morgan fingerprint density at radius 3 is 2.13 bits per heavy atom. The van der Waals surface area contributed by atoms with Gasteiger partial charge in [0.2, 0.25) is 0 Å². The van der Waals surface area contributed by atoms with Crippen molar-refractivity contribution in [2.24, 2.45) is 0 Å². The molecule has 0 aliphatic carbocycles. The molecule has 0 saturated carbocycles. The first-order valence-corrected chi connectivity index (χ1v) is 10.8. The molecule has 4 rings (SSSR count). The lowest BCUT2D eigenvalue weighted by Crippen LogP contribution is -2.31. The maximum atomic E-state index is 13.5. The third-order valence-corrected chi connectivity index (χ3v) is 6.49. The van der Waals surface area contributed by atoms with Gasteiger partial charge in [0.15, 0.2) is 0 Å². The first-order chi connectivity index (χ1) is 14.5. The van der Waals surface area contributed by atoms with E-state index in [1.54, 1.807) is 0 Å². The van der Waals surface area contributed by atoms with Crippen LogP contribution < -0.4 is 4.90 Å². The number of aryl methyl sites for hydroxylation is 3. The monoisotopic (exact) mass is 413 g/mol. The van der Waals surface area contributed by atoms with E-state index in [2.05, 4.69) is 6.92 Å². The molecule has 0 N–H and O–H groups in total. The van der Waals surface area contributed by atoms with E-state index in [1.807, 2.05) is 86.6 Å². The van der Waals surface area contributed by atoms with Gasteiger partial charge in [0.1, 0.15) is 0 Å². The molecule has 1 aliphatic heterocycles. The van der Waals surface area contributed by atoms with Crippen molar-refractivity contribution in [1.82, 2.24) is 0 Å². The molecule has 1 heterocycles. The van der Waals surface area contributed by atoms with Crippen molar-refractivity contribution in [3.05, 3.63) is 100.0 Å². The molecule has 30 heavy (non-hydrogen) atoms. The van der Waals surface area contributed by atoms with Crippen molar-refractivity contribution < 1.29 is 9.59 Å². The summed E-state index contributed by atoms with van der Waals surface area (Å²) in [6, 6.07) is 23.3. The molecule has 2 amide bonds. The lowest BCUT2D eigenvalue weighted by atomic mass is 10.0. The summed E-state index contributed by atoms with van der Waals surface area (Å²) in [5, 5.41) is 0. The number of anilines is 1. The summed E-state index contributed by atoms with van der Waals surface area (Å²) < 4.78 is 0. The number of carbonyl (C=O) groups is 2. The van der Waals surface area contributed by atoms with Gasteiger partial charge in [-0.25, -0.2) is 4.90 Å². The van der Waals surface area contributed by atoms with Crippen LogP contribution in [0.3, 0.4) is 0 Å². The summed E-state index contributed by atoms with van der Waals surface area (Å²) in [4.78, 5) is 29.6. The van der Waals surface area contributed by atoms with Gasteiger partial charge in [0.25, 0.3) is 11.8 Å². The van der Waals surface area contributed by atoms with Crippen LogP contribution in [0.5, 0.6) is 0 Å². The summed E-state index contributed by atoms with van der Waals surface area (Å²) >= 11 is 1.35. The van der Waals surface area contributed by atoms with Crippen LogP contribution in [0.2, 0.25) is 0 Å². The van der Waals surface area contributed by atoms with E-state index in [0.29, 0.717) is 16.2 Å². The Labute approximate surface area is 181 Å². The smallest absolute Gasteiger partial charge is 0.268 e. The number of thioether (sulfide) groups is 1. The van der Waals surface area contributed by atoms with Crippen LogP contribution in [-0.4, -0.2) is 11.8 Å². The van der Waals surface area contributed by atoms with Crippen molar-refractivity contribution in [2.75, 3.05) is 4.90 Å². The molecule has 3 aromatic carbocycles. The Bertz CT molecular complexity index is 1150. The third-order valence-electron chi connectivity index (χ3n) is 5.40. The number of rotatable bonds is 5. The van der Waals surface area contributed by atoms with Crippen molar-refractivity contribution >= 4 is 34.8 Å². The summed E-state index contributed by atoms with van der Waals surface area (Å²) in [5.74, 6) is -0.544. The van der Waals surface area contributed by atoms with Gasteiger partial charge in [-0.2, -0.15) is 0 Å². The molecular formula is C26H23NO2S. The van der Waals surface area contributed by atoms with Gasteiger partial charge in [-0.05, 0) is 66.8 Å². The van der Waals surface area contributed by atoms with Gasteiger partial charge < -0.3 is 0 Å². The molecule has 3 nitrogen and oxygen atoms in total. The molecule has 0 aromatic heterocycles. The predicted octanol–water partition coefficient (Wildman–Crippen LogP) is 5.94. The van der Waals surface area contributed by atoms with Gasteiger partial charge in [-0.15, -0.1) is 0 Å². The maximum absolute atomic E-state index is 13.5. The Balaban J connectivity index is 1.82. The largest absolute Gasteiger partial charge is 0.272 e. The van der Waals surface area contributed by atoms with Crippen molar-refractivity contribution in [3.8, 4) is 0 Å². The van der Waals surface area contributed by atoms with Crippen molar-refractivity contribution in [1.29, 1.82) is 0 Å². The summed E-state index contributed by atoms with van der Waals surface area (Å²) in [6.07, 6.45) is 0.906. The molecular weight excluding hydrogens is 390 g/mol. The first-order valence-electron chi connectivity index (χ1n) is 10.0. The second kappa shape index (κ2) is 8.33. The molecule has 3 aromatic rings. The maximum Gasteiger partial charge on any atom is 0.272 e. The fourth-order valence-electron chi connectivity index (χ4n) is 3.48. The molecule has 150 valence electrons. The van der Waals surface area contributed by atoms with Crippen molar-refractivity contribution in [3.63, 3.8) is 0 Å². The quantitative estimate of drug-likeness (QED) is 0.486. The summed E-state index contributed by atoms with van der Waals surface area (Å²) in [6.45, 7) is 6.14. The number of hydrogen-bond acceptors (Lipinski definition) is 3. The Morgan fingerprint density at radius 1 is 0.800 bits per heavy atom. The van der Waals surface area contributed by atoms with Crippen LogP contribution >= 0.6 is 11.8 Å². The average molecular weight is 414 g/mol. The summed E-state index contributed by atoms with van der Waals surface area (Å²) in [5.41, 5.74) is 5.26. The standard InChI is InChI=1S/C26H23NO2S/c1-4-19-11-14-21(15-12-19)27-25(28)23(20-13-10-17(2)18(3)16-20)24(26(27)29)30-22-8-6-5-7-9-22/h5-16H,4H2,1-3H3. The van der Waals surface area contributed by atoms with E-state index in [9.17, 15) is 9.59 Å². The van der Waals surface area contributed by atoms with E-state index in [-0.39, 0.29) is 11.8 Å². The number of amides is 2. The Kier molecular flexibility index (Phi) is 5.60. The average Bonchev–Trinajstić information content (AvgIpc) is 3.00. The van der Waals surface area contributed by atoms with Crippen LogP contribution in [0.4, 0.5) is 5.69 Å². The van der Waals surface area contributed by atoms with Gasteiger partial charge in [0, 0.05) is 4.90 Å². The lowest BCUT2D eigenvalue weighted by Gasteiger charge is -2.16. The Morgan fingerprint density at radius 2 is 1.50 bits per heavy atom. The van der Waals surface area contributed by atoms with E-state index in [4.69, 9.17) is 0 Å². The molecule has 0 bridgehead atoms. The van der Waals surface area contributed by atoms with E-state index >= 15 is 0 Å². The minimum absolute atomic E-state index is 0.272. The minimum Gasteiger partial charge on any atom is -0.268 e. The predicted molar refractivity (Wildman–Crippen MR) is 123 cm³/mol. The second-order valence-corrected chi connectivity index (χ2v) is 8.47. The molecule has 0 radical (unpaired) electrons. The summed E-state index contributed by atoms with van der Waals surface area (Å²) in [7, 11) is 0. The number of imide groups is 1. The molecule has 1 aliphatic rings. The zero-order valence-corrected chi connectivity index (χ0v) is 18.1. The molecule has 0 atom stereocenters. The van der Waals surface area contributed by atoms with Crippen LogP contribution in [0.15, 0.2) is 82.6 Å². The molecule has 0 unspecified atom stereocenters. The molecule has 4 heteroatoms. The van der Waals surface area contributed by atoms with E-state index < -0.39 is 0 Å². The minimum atomic E-state index is -0.272. The van der Waals surface area contributed by atoms with Gasteiger partial charge >= 0.3 is 0 Å². The number of nitrogens with zero attached hydrogens (tertiary/aromatic N) is 1. The SMILES string of the molecule is CCc1ccc(N2C(=O)C(Sc3ccccc3)=C(c3ccc(C)c(C)c3)C2=O)cc1. The molecule has 0 saturated heterocycles. The highest BCUT2D eigenvalue weighted by atomic mass is 32.2. The zero-order valence-electron chi connectivity index (χ0n) is 17.3. The van der Waals surface area contributed by atoms with Crippen LogP contribution in [0.25, 0.3) is 5.57 Å². The zero-order chi connectivity index (χ0) is 21.3. The van der Waals surface area contributed by atoms with Gasteiger partial charge in [-0.3, -0.25) is 9.59 Å². The second-order valence-electron chi connectivity index (χ2n) is 7.38. The molecule has 0 spiro atoms. The lowest BCUT2D eigenvalue weighted by molar-refractivity contribution is -0.119. The van der Waals surface area contributed by atoms with E-state index in [1.165, 1.54) is 22.2 Å². The van der Waals surface area contributed by atoms with Gasteiger partial charge in [-0.1, -0.05) is 67.2 Å². The van der Waals surface area contributed by atoms with Crippen LogP contribution in [-0.2, 0) is 16.0 Å².